The van der Waals surface area contributed by atoms with Crippen molar-refractivity contribution in [1.82, 2.24) is 5.32 Å². The van der Waals surface area contributed by atoms with Crippen molar-refractivity contribution in [2.75, 3.05) is 19.0 Å². The molecule has 0 aliphatic heterocycles. The summed E-state index contributed by atoms with van der Waals surface area (Å²) in [5, 5.41) is 6.25. The average Bonchev–Trinajstić information content (AvgIpc) is 2.73. The molecule has 3 aromatic rings. The van der Waals surface area contributed by atoms with E-state index in [1.807, 2.05) is 48.5 Å². The molecular weight excluding hydrogens is 355 g/mol. The molecule has 0 saturated carbocycles. The second-order valence-electron chi connectivity index (χ2n) is 6.40. The summed E-state index contributed by atoms with van der Waals surface area (Å²) >= 11 is 0. The van der Waals surface area contributed by atoms with E-state index in [0.29, 0.717) is 24.4 Å². The zero-order valence-corrected chi connectivity index (χ0v) is 15.7. The van der Waals surface area contributed by atoms with Crippen molar-refractivity contribution in [2.45, 2.75) is 12.5 Å². The number of hydrogen-bond acceptors (Lipinski definition) is 3. The number of benzene rings is 3. The number of hydrogen-bond donors (Lipinski definition) is 2. The van der Waals surface area contributed by atoms with Crippen LogP contribution in [0.2, 0.25) is 0 Å². The molecule has 0 aromatic heterocycles. The average molecular weight is 378 g/mol. The van der Waals surface area contributed by atoms with Gasteiger partial charge in [0.15, 0.2) is 0 Å². The van der Waals surface area contributed by atoms with Crippen LogP contribution in [0.4, 0.5) is 10.1 Å². The first-order valence-electron chi connectivity index (χ1n) is 9.13. The summed E-state index contributed by atoms with van der Waals surface area (Å²) in [5.41, 5.74) is 2.56. The molecule has 0 unspecified atom stereocenters. The number of rotatable bonds is 8. The summed E-state index contributed by atoms with van der Waals surface area (Å²) in [6.07, 6.45) is 0.691. The van der Waals surface area contributed by atoms with Gasteiger partial charge in [0.05, 0.1) is 7.11 Å². The van der Waals surface area contributed by atoms with Crippen LogP contribution in [0.25, 0.3) is 0 Å². The number of carbonyl (C=O) groups excluding carboxylic acids is 1. The molecule has 0 heterocycles. The third-order valence-corrected chi connectivity index (χ3v) is 4.41. The van der Waals surface area contributed by atoms with Crippen LogP contribution < -0.4 is 15.4 Å². The van der Waals surface area contributed by atoms with E-state index in [1.165, 1.54) is 12.1 Å². The molecule has 1 atom stereocenters. The molecule has 3 aromatic carbocycles. The highest BCUT2D eigenvalue weighted by molar-refractivity contribution is 5.95. The van der Waals surface area contributed by atoms with Crippen LogP contribution in [0.1, 0.15) is 17.2 Å². The van der Waals surface area contributed by atoms with E-state index < -0.39 is 6.04 Å². The molecule has 0 spiro atoms. The molecular formula is C23H23FN2O2. The van der Waals surface area contributed by atoms with Crippen molar-refractivity contribution in [3.05, 3.63) is 95.8 Å². The van der Waals surface area contributed by atoms with E-state index in [4.69, 9.17) is 4.74 Å². The molecule has 0 radical (unpaired) electrons. The topological polar surface area (TPSA) is 50.4 Å². The van der Waals surface area contributed by atoms with Crippen molar-refractivity contribution >= 4 is 11.6 Å². The smallest absolute Gasteiger partial charge is 0.246 e. The fraction of sp³-hybridized carbons (Fsp3) is 0.174. The van der Waals surface area contributed by atoms with Crippen LogP contribution in [-0.2, 0) is 11.2 Å². The van der Waals surface area contributed by atoms with Gasteiger partial charge in [0.1, 0.15) is 17.6 Å². The molecule has 0 bridgehead atoms. The van der Waals surface area contributed by atoms with Crippen molar-refractivity contribution in [2.24, 2.45) is 0 Å². The van der Waals surface area contributed by atoms with Crippen LogP contribution >= 0.6 is 0 Å². The van der Waals surface area contributed by atoms with Gasteiger partial charge in [-0.1, -0.05) is 48.5 Å². The first-order valence-corrected chi connectivity index (χ1v) is 9.13. The molecule has 2 N–H and O–H groups in total. The van der Waals surface area contributed by atoms with Crippen LogP contribution in [0.5, 0.6) is 5.75 Å². The second kappa shape index (κ2) is 9.67. The van der Waals surface area contributed by atoms with E-state index in [0.717, 1.165) is 11.1 Å². The Balaban J connectivity index is 1.69. The van der Waals surface area contributed by atoms with Crippen LogP contribution in [0, 0.1) is 5.82 Å². The predicted octanol–water partition coefficient (Wildman–Crippen LogP) is 4.35. The minimum atomic E-state index is -0.507. The Morgan fingerprint density at radius 2 is 1.75 bits per heavy atom. The number of ether oxygens (including phenoxy) is 1. The van der Waals surface area contributed by atoms with Gasteiger partial charge in [-0.15, -0.1) is 0 Å². The van der Waals surface area contributed by atoms with Gasteiger partial charge in [-0.25, -0.2) is 4.39 Å². The van der Waals surface area contributed by atoms with Crippen molar-refractivity contribution in [3.8, 4) is 5.75 Å². The molecule has 5 heteroatoms. The van der Waals surface area contributed by atoms with Gasteiger partial charge < -0.3 is 15.4 Å². The Hall–Kier alpha value is -3.18. The highest BCUT2D eigenvalue weighted by Crippen LogP contribution is 2.20. The maximum Gasteiger partial charge on any atom is 0.246 e. The normalized spacial score (nSPS) is 11.6. The van der Waals surface area contributed by atoms with Crippen LogP contribution in [0.15, 0.2) is 78.9 Å². The maximum absolute atomic E-state index is 13.0. The summed E-state index contributed by atoms with van der Waals surface area (Å²) in [7, 11) is 1.59. The molecule has 28 heavy (non-hydrogen) atoms. The number of nitrogens with one attached hydrogen (secondary N) is 2. The minimum Gasteiger partial charge on any atom is -0.497 e. The monoisotopic (exact) mass is 378 g/mol. The van der Waals surface area contributed by atoms with Gasteiger partial charge in [-0.2, -0.15) is 0 Å². The number of carbonyl (C=O) groups is 1. The summed E-state index contributed by atoms with van der Waals surface area (Å²) in [6.45, 7) is 0.580. The second-order valence-corrected chi connectivity index (χ2v) is 6.40. The Labute approximate surface area is 164 Å². The first kappa shape index (κ1) is 19.6. The molecule has 0 aliphatic carbocycles. The van der Waals surface area contributed by atoms with E-state index in [1.54, 1.807) is 25.3 Å². The highest BCUT2D eigenvalue weighted by atomic mass is 19.1. The Morgan fingerprint density at radius 3 is 2.46 bits per heavy atom. The lowest BCUT2D eigenvalue weighted by Gasteiger charge is -2.19. The summed E-state index contributed by atoms with van der Waals surface area (Å²) in [4.78, 5) is 12.9. The lowest BCUT2D eigenvalue weighted by atomic mass is 10.1. The van der Waals surface area contributed by atoms with Gasteiger partial charge in [-0.05, 0) is 41.8 Å². The molecule has 4 nitrogen and oxygen atoms in total. The third-order valence-electron chi connectivity index (χ3n) is 4.41. The largest absolute Gasteiger partial charge is 0.497 e. The van der Waals surface area contributed by atoms with E-state index >= 15 is 0 Å². The predicted molar refractivity (Wildman–Crippen MR) is 109 cm³/mol. The summed E-state index contributed by atoms with van der Waals surface area (Å²) < 4.78 is 18.3. The maximum atomic E-state index is 13.0. The zero-order valence-electron chi connectivity index (χ0n) is 15.7. The minimum absolute atomic E-state index is 0.154. The fourth-order valence-electron chi connectivity index (χ4n) is 2.93. The van der Waals surface area contributed by atoms with Crippen molar-refractivity contribution in [1.29, 1.82) is 0 Å². The molecule has 1 amide bonds. The SMILES string of the molecule is COc1cccc(NC(=O)[C@H](NCCc2ccc(F)cc2)c2ccccc2)c1. The van der Waals surface area contributed by atoms with Gasteiger partial charge in [0, 0.05) is 18.3 Å². The van der Waals surface area contributed by atoms with Gasteiger partial charge in [-0.3, -0.25) is 4.79 Å². The summed E-state index contributed by atoms with van der Waals surface area (Å²) in [5.74, 6) is 0.272. The molecule has 0 saturated heterocycles. The molecule has 144 valence electrons. The highest BCUT2D eigenvalue weighted by Gasteiger charge is 2.20. The number of anilines is 1. The fourth-order valence-corrected chi connectivity index (χ4v) is 2.93. The third kappa shape index (κ3) is 5.41. The van der Waals surface area contributed by atoms with Crippen LogP contribution in [0.3, 0.4) is 0 Å². The van der Waals surface area contributed by atoms with Gasteiger partial charge in [0.25, 0.3) is 0 Å². The standard InChI is InChI=1S/C23H23FN2O2/c1-28-21-9-5-8-20(16-21)26-23(27)22(18-6-3-2-4-7-18)25-15-14-17-10-12-19(24)13-11-17/h2-13,16,22,25H,14-15H2,1H3,(H,26,27)/t22-/m1/s1. The Kier molecular flexibility index (Phi) is 6.76. The van der Waals surface area contributed by atoms with Crippen LogP contribution in [-0.4, -0.2) is 19.6 Å². The van der Waals surface area contributed by atoms with Gasteiger partial charge >= 0.3 is 0 Å². The zero-order chi connectivity index (χ0) is 19.8. The molecule has 0 fully saturated rings. The number of halogens is 1. The Bertz CT molecular complexity index is 898. The quantitative estimate of drug-likeness (QED) is 0.613. The lowest BCUT2D eigenvalue weighted by Crippen LogP contribution is -2.34. The van der Waals surface area contributed by atoms with Crippen molar-refractivity contribution < 1.29 is 13.9 Å². The number of amides is 1. The first-order chi connectivity index (χ1) is 13.7. The molecule has 0 aliphatic rings. The van der Waals surface area contributed by atoms with E-state index in [-0.39, 0.29) is 11.7 Å². The Morgan fingerprint density at radius 1 is 1.00 bits per heavy atom. The van der Waals surface area contributed by atoms with E-state index in [2.05, 4.69) is 10.6 Å². The van der Waals surface area contributed by atoms with Gasteiger partial charge in [0.2, 0.25) is 5.91 Å². The number of methoxy groups -OCH3 is 1. The summed E-state index contributed by atoms with van der Waals surface area (Å²) in [6, 6.07) is 22.7. The lowest BCUT2D eigenvalue weighted by molar-refractivity contribution is -0.118. The van der Waals surface area contributed by atoms with E-state index in [9.17, 15) is 9.18 Å². The van der Waals surface area contributed by atoms with Crippen molar-refractivity contribution in [3.63, 3.8) is 0 Å². The molecule has 3 rings (SSSR count).